The van der Waals surface area contributed by atoms with Crippen LogP contribution in [0.25, 0.3) is 0 Å². The first-order valence-corrected chi connectivity index (χ1v) is 12.9. The Bertz CT molecular complexity index is 990. The summed E-state index contributed by atoms with van der Waals surface area (Å²) >= 11 is 6.21. The van der Waals surface area contributed by atoms with E-state index in [1.54, 1.807) is 6.20 Å². The lowest BCUT2D eigenvalue weighted by molar-refractivity contribution is 0.0377. The molecule has 0 amide bonds. The van der Waals surface area contributed by atoms with Crippen LogP contribution < -0.4 is 9.80 Å². The predicted molar refractivity (Wildman–Crippen MR) is 139 cm³/mol. The molecule has 2 fully saturated rings. The Kier molecular flexibility index (Phi) is 7.99. The number of esters is 1. The molecule has 4 rings (SSSR count). The molecule has 0 radical (unpaired) electrons. The smallest absolute Gasteiger partial charge is 0.342 e. The van der Waals surface area contributed by atoms with Crippen molar-refractivity contribution in [3.8, 4) is 0 Å². The standard InChI is InChI=1S/C27H37ClN4O2/c1-5-32(22-10-14-30(15-11-22)23-8-6-7-21(28)17-23)24-12-16-31(18-24)26-25(20(4)9-13-29-26)27(33)34-19(2)3/h6-9,13,17,19,22,24H,5,10-12,14-16,18H2,1-4H3. The van der Waals surface area contributed by atoms with Crippen LogP contribution in [0.2, 0.25) is 5.02 Å². The maximum Gasteiger partial charge on any atom is 0.342 e. The summed E-state index contributed by atoms with van der Waals surface area (Å²) in [5.41, 5.74) is 2.74. The van der Waals surface area contributed by atoms with Gasteiger partial charge in [0.1, 0.15) is 11.4 Å². The molecule has 2 aliphatic rings. The van der Waals surface area contributed by atoms with Gasteiger partial charge in [-0.2, -0.15) is 0 Å². The first-order valence-electron chi connectivity index (χ1n) is 12.5. The van der Waals surface area contributed by atoms with E-state index in [4.69, 9.17) is 16.3 Å². The SMILES string of the molecule is CCN(C1CCN(c2cccc(Cl)c2)CC1)C1CCN(c2nccc(C)c2C(=O)OC(C)C)C1. The molecule has 0 spiro atoms. The number of carbonyl (C=O) groups is 1. The van der Waals surface area contributed by atoms with Gasteiger partial charge in [0.25, 0.3) is 0 Å². The van der Waals surface area contributed by atoms with Crippen molar-refractivity contribution in [2.45, 2.75) is 65.1 Å². The zero-order chi connectivity index (χ0) is 24.2. The molecule has 2 aromatic rings. The van der Waals surface area contributed by atoms with Crippen molar-refractivity contribution in [3.05, 3.63) is 52.7 Å². The lowest BCUT2D eigenvalue weighted by Crippen LogP contribution is -2.50. The predicted octanol–water partition coefficient (Wildman–Crippen LogP) is 5.18. The number of anilines is 2. The highest BCUT2D eigenvalue weighted by Gasteiger charge is 2.35. The second-order valence-corrected chi connectivity index (χ2v) is 10.1. The molecule has 1 aromatic carbocycles. The van der Waals surface area contributed by atoms with Crippen LogP contribution in [-0.4, -0.2) is 66.8 Å². The molecule has 1 unspecified atom stereocenters. The zero-order valence-corrected chi connectivity index (χ0v) is 21.6. The number of pyridine rings is 1. The van der Waals surface area contributed by atoms with Crippen molar-refractivity contribution in [1.82, 2.24) is 9.88 Å². The van der Waals surface area contributed by atoms with Gasteiger partial charge in [-0.1, -0.05) is 24.6 Å². The van der Waals surface area contributed by atoms with Gasteiger partial charge in [0.15, 0.2) is 0 Å². The van der Waals surface area contributed by atoms with Gasteiger partial charge in [0, 0.05) is 55.2 Å². The first-order chi connectivity index (χ1) is 16.4. The van der Waals surface area contributed by atoms with E-state index in [0.29, 0.717) is 17.6 Å². The van der Waals surface area contributed by atoms with Gasteiger partial charge in [-0.05, 0) is 76.4 Å². The molecule has 34 heavy (non-hydrogen) atoms. The number of aryl methyl sites for hydroxylation is 1. The molecular weight excluding hydrogens is 448 g/mol. The van der Waals surface area contributed by atoms with Crippen molar-refractivity contribution in [2.75, 3.05) is 42.5 Å². The van der Waals surface area contributed by atoms with Gasteiger partial charge >= 0.3 is 5.97 Å². The van der Waals surface area contributed by atoms with Crippen LogP contribution in [0.1, 0.15) is 56.0 Å². The summed E-state index contributed by atoms with van der Waals surface area (Å²) in [6, 6.07) is 11.1. The van der Waals surface area contributed by atoms with Crippen LogP contribution in [0, 0.1) is 6.92 Å². The molecule has 1 aromatic heterocycles. The lowest BCUT2D eigenvalue weighted by Gasteiger charge is -2.41. The number of ether oxygens (including phenoxy) is 1. The second-order valence-electron chi connectivity index (χ2n) is 9.70. The van der Waals surface area contributed by atoms with Crippen molar-refractivity contribution >= 4 is 29.1 Å². The van der Waals surface area contributed by atoms with Gasteiger partial charge in [-0.3, -0.25) is 4.90 Å². The normalized spacial score (nSPS) is 19.3. The third-order valence-electron chi connectivity index (χ3n) is 7.09. The van der Waals surface area contributed by atoms with E-state index in [1.165, 1.54) is 5.69 Å². The molecule has 2 saturated heterocycles. The summed E-state index contributed by atoms with van der Waals surface area (Å²) in [4.78, 5) is 24.8. The summed E-state index contributed by atoms with van der Waals surface area (Å²) < 4.78 is 5.53. The number of hydrogen-bond acceptors (Lipinski definition) is 6. The maximum absolute atomic E-state index is 12.8. The van der Waals surface area contributed by atoms with Crippen LogP contribution >= 0.6 is 11.6 Å². The van der Waals surface area contributed by atoms with E-state index < -0.39 is 0 Å². The van der Waals surface area contributed by atoms with E-state index >= 15 is 0 Å². The molecule has 6 nitrogen and oxygen atoms in total. The van der Waals surface area contributed by atoms with Crippen molar-refractivity contribution in [1.29, 1.82) is 0 Å². The van der Waals surface area contributed by atoms with Gasteiger partial charge in [-0.25, -0.2) is 9.78 Å². The van der Waals surface area contributed by atoms with E-state index in [0.717, 1.165) is 68.4 Å². The highest BCUT2D eigenvalue weighted by atomic mass is 35.5. The van der Waals surface area contributed by atoms with E-state index in [9.17, 15) is 4.79 Å². The zero-order valence-electron chi connectivity index (χ0n) is 20.8. The molecule has 0 aliphatic carbocycles. The molecule has 0 bridgehead atoms. The Labute approximate surface area is 208 Å². The number of piperidine rings is 1. The number of rotatable bonds is 7. The molecule has 0 N–H and O–H groups in total. The average Bonchev–Trinajstić information content (AvgIpc) is 3.29. The average molecular weight is 485 g/mol. The highest BCUT2D eigenvalue weighted by Crippen LogP contribution is 2.31. The Morgan fingerprint density at radius 2 is 1.85 bits per heavy atom. The Morgan fingerprint density at radius 1 is 1.15 bits per heavy atom. The molecule has 184 valence electrons. The van der Waals surface area contributed by atoms with Crippen LogP contribution in [-0.2, 0) is 4.74 Å². The monoisotopic (exact) mass is 484 g/mol. The highest BCUT2D eigenvalue weighted by molar-refractivity contribution is 6.30. The first kappa shape index (κ1) is 24.8. The Balaban J connectivity index is 1.42. The summed E-state index contributed by atoms with van der Waals surface area (Å²) in [6.45, 7) is 12.9. The topological polar surface area (TPSA) is 48.9 Å². The number of benzene rings is 1. The summed E-state index contributed by atoms with van der Waals surface area (Å²) in [7, 11) is 0. The molecular formula is C27H37ClN4O2. The molecule has 0 saturated carbocycles. The number of likely N-dealkylation sites (N-methyl/N-ethyl adjacent to an activating group) is 1. The van der Waals surface area contributed by atoms with Crippen molar-refractivity contribution < 1.29 is 9.53 Å². The van der Waals surface area contributed by atoms with Gasteiger partial charge in [0.2, 0.25) is 0 Å². The van der Waals surface area contributed by atoms with Crippen LogP contribution in [0.4, 0.5) is 11.5 Å². The number of aromatic nitrogens is 1. The minimum Gasteiger partial charge on any atom is -0.459 e. The number of halogens is 1. The van der Waals surface area contributed by atoms with Crippen LogP contribution in [0.5, 0.6) is 0 Å². The quantitative estimate of drug-likeness (QED) is 0.505. The lowest BCUT2D eigenvalue weighted by atomic mass is 10.00. The number of carbonyl (C=O) groups excluding carboxylic acids is 1. The second kappa shape index (κ2) is 11.0. The van der Waals surface area contributed by atoms with Gasteiger partial charge in [0.05, 0.1) is 6.10 Å². The summed E-state index contributed by atoms with van der Waals surface area (Å²) in [6.07, 6.45) is 5.01. The third kappa shape index (κ3) is 5.49. The van der Waals surface area contributed by atoms with E-state index in [1.807, 2.05) is 39.0 Å². The van der Waals surface area contributed by atoms with Crippen LogP contribution in [0.3, 0.4) is 0 Å². The minimum absolute atomic E-state index is 0.153. The fourth-order valence-corrected chi connectivity index (χ4v) is 5.64. The maximum atomic E-state index is 12.8. The third-order valence-corrected chi connectivity index (χ3v) is 7.33. The van der Waals surface area contributed by atoms with Crippen LogP contribution in [0.15, 0.2) is 36.5 Å². The Hall–Kier alpha value is -2.31. The molecule has 2 aliphatic heterocycles. The number of hydrogen-bond donors (Lipinski definition) is 0. The fraction of sp³-hybridized carbons (Fsp3) is 0.556. The van der Waals surface area contributed by atoms with Crippen molar-refractivity contribution in [3.63, 3.8) is 0 Å². The summed E-state index contributed by atoms with van der Waals surface area (Å²) in [5, 5.41) is 0.794. The molecule has 3 heterocycles. The minimum atomic E-state index is -0.278. The fourth-order valence-electron chi connectivity index (χ4n) is 5.46. The Morgan fingerprint density at radius 3 is 2.53 bits per heavy atom. The number of nitrogens with zero attached hydrogens (tertiary/aromatic N) is 4. The summed E-state index contributed by atoms with van der Waals surface area (Å²) in [5.74, 6) is 0.486. The van der Waals surface area contributed by atoms with Crippen molar-refractivity contribution in [2.24, 2.45) is 0 Å². The van der Waals surface area contributed by atoms with Gasteiger partial charge < -0.3 is 14.5 Å². The van der Waals surface area contributed by atoms with E-state index in [2.05, 4.69) is 38.7 Å². The van der Waals surface area contributed by atoms with Gasteiger partial charge in [-0.15, -0.1) is 0 Å². The van der Waals surface area contributed by atoms with E-state index in [-0.39, 0.29) is 12.1 Å². The largest absolute Gasteiger partial charge is 0.459 e. The molecule has 7 heteroatoms. The molecule has 1 atom stereocenters.